The lowest BCUT2D eigenvalue weighted by molar-refractivity contribution is 1.38. The third-order valence-corrected chi connectivity index (χ3v) is 4.94. The Kier molecular flexibility index (Phi) is 5.30. The molecule has 0 aliphatic carbocycles. The number of rotatable bonds is 6. The van der Waals surface area contributed by atoms with Crippen LogP contribution >= 0.6 is 23.5 Å². The first-order valence-corrected chi connectivity index (χ1v) is 8.18. The molecule has 0 saturated heterocycles. The first kappa shape index (κ1) is 15.5. The molecule has 0 atom stereocenters. The quantitative estimate of drug-likeness (QED) is 0.285. The lowest BCUT2D eigenvalue weighted by Crippen LogP contribution is -2.10. The molecule has 0 saturated carbocycles. The number of nitrogens with one attached hydrogen (secondary N) is 2. The molecule has 2 aromatic carbocycles. The zero-order chi connectivity index (χ0) is 15.2. The van der Waals surface area contributed by atoms with Crippen LogP contribution in [0.5, 0.6) is 0 Å². The fraction of sp³-hybridized carbons (Fsp3) is 0.0667. The summed E-state index contributed by atoms with van der Waals surface area (Å²) < 4.78 is 0. The Balaban J connectivity index is 1.86. The number of benzene rings is 2. The minimum atomic E-state index is 0.0893. The molecule has 0 aromatic heterocycles. The van der Waals surface area contributed by atoms with Crippen molar-refractivity contribution in [1.82, 2.24) is 0 Å². The summed E-state index contributed by atoms with van der Waals surface area (Å²) in [5, 5.41) is 15.6. The summed E-state index contributed by atoms with van der Waals surface area (Å²) in [7, 11) is 0. The maximum absolute atomic E-state index is 7.35. The Bertz CT molecular complexity index is 578. The third-order valence-electron chi connectivity index (χ3n) is 2.78. The predicted octanol–water partition coefficient (Wildman–Crippen LogP) is 3.10. The van der Waals surface area contributed by atoms with Gasteiger partial charge in [-0.15, -0.1) is 23.5 Å². The van der Waals surface area contributed by atoms with Gasteiger partial charge in [0.05, 0.1) is 0 Å². The molecule has 6 heteroatoms. The SMILES string of the molecule is N=C(N)c1ccc(SCSc2ccc(C(=N)N)cc2)cc1. The second kappa shape index (κ2) is 7.19. The molecular weight excluding hydrogens is 300 g/mol. The highest BCUT2D eigenvalue weighted by molar-refractivity contribution is 8.16. The van der Waals surface area contributed by atoms with Crippen LogP contribution in [-0.4, -0.2) is 16.8 Å². The number of hydrogen-bond donors (Lipinski definition) is 4. The van der Waals surface area contributed by atoms with Crippen molar-refractivity contribution < 1.29 is 0 Å². The van der Waals surface area contributed by atoms with Crippen LogP contribution in [0.25, 0.3) is 0 Å². The molecule has 0 bridgehead atoms. The third kappa shape index (κ3) is 4.54. The van der Waals surface area contributed by atoms with E-state index in [0.717, 1.165) is 26.0 Å². The van der Waals surface area contributed by atoms with Crippen LogP contribution in [0, 0.1) is 10.8 Å². The average Bonchev–Trinajstić information content (AvgIpc) is 2.48. The number of hydrogen-bond acceptors (Lipinski definition) is 4. The normalized spacial score (nSPS) is 10.3. The van der Waals surface area contributed by atoms with Gasteiger partial charge in [0.1, 0.15) is 11.7 Å². The van der Waals surface area contributed by atoms with E-state index in [1.54, 1.807) is 23.5 Å². The van der Waals surface area contributed by atoms with E-state index in [1.807, 2.05) is 48.5 Å². The average molecular weight is 316 g/mol. The molecule has 2 rings (SSSR count). The lowest BCUT2D eigenvalue weighted by Gasteiger charge is -2.04. The van der Waals surface area contributed by atoms with E-state index in [0.29, 0.717) is 0 Å². The van der Waals surface area contributed by atoms with Crippen LogP contribution in [0.15, 0.2) is 58.3 Å². The number of thioether (sulfide) groups is 2. The van der Waals surface area contributed by atoms with Crippen LogP contribution in [0.3, 0.4) is 0 Å². The van der Waals surface area contributed by atoms with Crippen molar-refractivity contribution in [3.8, 4) is 0 Å². The summed E-state index contributed by atoms with van der Waals surface area (Å²) in [5.41, 5.74) is 12.3. The largest absolute Gasteiger partial charge is 0.384 e. The van der Waals surface area contributed by atoms with Crippen molar-refractivity contribution in [2.75, 3.05) is 5.08 Å². The van der Waals surface area contributed by atoms with Crippen LogP contribution in [0.2, 0.25) is 0 Å². The summed E-state index contributed by atoms with van der Waals surface area (Å²) >= 11 is 3.46. The molecule has 21 heavy (non-hydrogen) atoms. The number of nitrogens with two attached hydrogens (primary N) is 2. The van der Waals surface area contributed by atoms with Gasteiger partial charge in [-0.25, -0.2) is 0 Å². The number of nitrogen functional groups attached to an aromatic ring is 2. The highest BCUT2D eigenvalue weighted by Crippen LogP contribution is 2.28. The van der Waals surface area contributed by atoms with Crippen molar-refractivity contribution in [2.45, 2.75) is 9.79 Å². The molecule has 0 amide bonds. The Labute approximate surface area is 132 Å². The maximum Gasteiger partial charge on any atom is 0.122 e. The van der Waals surface area contributed by atoms with Crippen molar-refractivity contribution in [1.29, 1.82) is 10.8 Å². The monoisotopic (exact) mass is 316 g/mol. The zero-order valence-corrected chi connectivity index (χ0v) is 12.9. The molecular formula is C15H16N4S2. The molecule has 6 N–H and O–H groups in total. The summed E-state index contributed by atoms with van der Waals surface area (Å²) in [4.78, 5) is 2.29. The van der Waals surface area contributed by atoms with Crippen LogP contribution in [0.1, 0.15) is 11.1 Å². The van der Waals surface area contributed by atoms with Crippen molar-refractivity contribution >= 4 is 35.2 Å². The molecule has 0 fully saturated rings. The van der Waals surface area contributed by atoms with Gasteiger partial charge in [0.2, 0.25) is 0 Å². The standard InChI is InChI=1S/C15H16N4S2/c16-14(17)10-1-5-12(6-2-10)20-9-21-13-7-3-11(4-8-13)15(18)19/h1-8H,9H2,(H3,16,17)(H3,18,19). The van der Waals surface area contributed by atoms with Gasteiger partial charge in [0.15, 0.2) is 0 Å². The molecule has 4 nitrogen and oxygen atoms in total. The first-order chi connectivity index (χ1) is 10.1. The Hall–Kier alpha value is -1.92. The maximum atomic E-state index is 7.35. The van der Waals surface area contributed by atoms with E-state index < -0.39 is 0 Å². The van der Waals surface area contributed by atoms with Crippen molar-refractivity contribution in [3.05, 3.63) is 59.7 Å². The Morgan fingerprint density at radius 2 is 1.05 bits per heavy atom. The molecule has 0 aliphatic rings. The second-order valence-electron chi connectivity index (χ2n) is 4.28. The van der Waals surface area contributed by atoms with E-state index in [9.17, 15) is 0 Å². The van der Waals surface area contributed by atoms with Crippen LogP contribution in [-0.2, 0) is 0 Å². The summed E-state index contributed by atoms with van der Waals surface area (Å²) in [6.45, 7) is 0. The summed E-state index contributed by atoms with van der Waals surface area (Å²) in [5.74, 6) is 0.179. The van der Waals surface area contributed by atoms with E-state index in [-0.39, 0.29) is 11.7 Å². The summed E-state index contributed by atoms with van der Waals surface area (Å²) in [6.07, 6.45) is 0. The minimum Gasteiger partial charge on any atom is -0.384 e. The zero-order valence-electron chi connectivity index (χ0n) is 11.3. The minimum absolute atomic E-state index is 0.0893. The molecule has 0 spiro atoms. The van der Waals surface area contributed by atoms with E-state index >= 15 is 0 Å². The van der Waals surface area contributed by atoms with Gasteiger partial charge in [0.25, 0.3) is 0 Å². The van der Waals surface area contributed by atoms with Gasteiger partial charge in [-0.2, -0.15) is 0 Å². The van der Waals surface area contributed by atoms with E-state index in [1.165, 1.54) is 0 Å². The topological polar surface area (TPSA) is 99.7 Å². The molecule has 0 radical (unpaired) electrons. The molecule has 108 valence electrons. The van der Waals surface area contributed by atoms with Crippen LogP contribution in [0.4, 0.5) is 0 Å². The lowest BCUT2D eigenvalue weighted by atomic mass is 10.2. The fourth-order valence-corrected chi connectivity index (χ4v) is 3.61. The highest BCUT2D eigenvalue weighted by Gasteiger charge is 2.00. The van der Waals surface area contributed by atoms with E-state index in [4.69, 9.17) is 22.3 Å². The Morgan fingerprint density at radius 3 is 1.33 bits per heavy atom. The smallest absolute Gasteiger partial charge is 0.122 e. The number of amidine groups is 2. The van der Waals surface area contributed by atoms with Crippen molar-refractivity contribution in [2.24, 2.45) is 11.5 Å². The predicted molar refractivity (Wildman–Crippen MR) is 91.5 cm³/mol. The van der Waals surface area contributed by atoms with Crippen LogP contribution < -0.4 is 11.5 Å². The van der Waals surface area contributed by atoms with Gasteiger partial charge in [-0.1, -0.05) is 24.3 Å². The molecule has 0 heterocycles. The van der Waals surface area contributed by atoms with Crippen molar-refractivity contribution in [3.63, 3.8) is 0 Å². The second-order valence-corrected chi connectivity index (χ2v) is 6.75. The molecule has 2 aromatic rings. The summed E-state index contributed by atoms with van der Waals surface area (Å²) in [6, 6.07) is 15.3. The van der Waals surface area contributed by atoms with Gasteiger partial charge in [-0.05, 0) is 24.3 Å². The highest BCUT2D eigenvalue weighted by atomic mass is 32.2. The van der Waals surface area contributed by atoms with E-state index in [2.05, 4.69) is 0 Å². The fourth-order valence-electron chi connectivity index (χ4n) is 1.63. The first-order valence-electron chi connectivity index (χ1n) is 6.21. The van der Waals surface area contributed by atoms with Gasteiger partial charge in [-0.3, -0.25) is 10.8 Å². The molecule has 0 aliphatic heterocycles. The molecule has 0 unspecified atom stereocenters. The van der Waals surface area contributed by atoms with Gasteiger partial charge < -0.3 is 11.5 Å². The Morgan fingerprint density at radius 1 is 0.714 bits per heavy atom. The van der Waals surface area contributed by atoms with Gasteiger partial charge in [0, 0.05) is 26.0 Å². The van der Waals surface area contributed by atoms with Gasteiger partial charge >= 0.3 is 0 Å².